The van der Waals surface area contributed by atoms with Crippen molar-refractivity contribution in [3.63, 3.8) is 0 Å². The fraction of sp³-hybridized carbons (Fsp3) is 0.350. The first-order valence-corrected chi connectivity index (χ1v) is 9.56. The third kappa shape index (κ3) is 4.61. The van der Waals surface area contributed by atoms with Gasteiger partial charge in [-0.2, -0.15) is 5.26 Å². The maximum absolute atomic E-state index is 8.86. The summed E-state index contributed by atoms with van der Waals surface area (Å²) in [5.74, 6) is 0. The summed E-state index contributed by atoms with van der Waals surface area (Å²) in [6.45, 7) is 6.44. The Balaban J connectivity index is 1.47. The maximum atomic E-state index is 8.86. The van der Waals surface area contributed by atoms with E-state index in [4.69, 9.17) is 5.26 Å². The topological polar surface area (TPSA) is 30.3 Å². The molecule has 0 atom stereocenters. The van der Waals surface area contributed by atoms with Gasteiger partial charge in [0.05, 0.1) is 11.6 Å². The third-order valence-electron chi connectivity index (χ3n) is 4.52. The highest BCUT2D eigenvalue weighted by molar-refractivity contribution is 7.98. The zero-order valence-electron chi connectivity index (χ0n) is 14.1. The molecule has 0 saturated carbocycles. The second-order valence-electron chi connectivity index (χ2n) is 6.21. The van der Waals surface area contributed by atoms with Crippen LogP contribution in [0.3, 0.4) is 0 Å². The van der Waals surface area contributed by atoms with Gasteiger partial charge in [-0.3, -0.25) is 9.80 Å². The van der Waals surface area contributed by atoms with Crippen molar-refractivity contribution < 1.29 is 0 Å². The second kappa shape index (κ2) is 8.34. The first-order chi connectivity index (χ1) is 11.8. The minimum atomic E-state index is 0.732. The minimum absolute atomic E-state index is 0.732. The van der Waals surface area contributed by atoms with Gasteiger partial charge in [0.15, 0.2) is 0 Å². The van der Waals surface area contributed by atoms with Crippen LogP contribution in [0.2, 0.25) is 0 Å². The Kier molecular flexibility index (Phi) is 5.92. The molecular weight excluding hydrogens is 314 g/mol. The molecular formula is C20H23N3S. The van der Waals surface area contributed by atoms with Crippen LogP contribution in [0.15, 0.2) is 53.4 Å². The van der Waals surface area contributed by atoms with Gasteiger partial charge in [0.2, 0.25) is 0 Å². The molecule has 1 heterocycles. The zero-order chi connectivity index (χ0) is 16.8. The van der Waals surface area contributed by atoms with E-state index in [0.29, 0.717) is 0 Å². The van der Waals surface area contributed by atoms with Crippen LogP contribution in [0.25, 0.3) is 0 Å². The molecule has 4 heteroatoms. The number of thioether (sulfide) groups is 1. The first kappa shape index (κ1) is 17.0. The third-order valence-corrected chi connectivity index (χ3v) is 5.26. The van der Waals surface area contributed by atoms with Crippen LogP contribution in [0.1, 0.15) is 16.7 Å². The van der Waals surface area contributed by atoms with E-state index in [1.54, 1.807) is 11.8 Å². The van der Waals surface area contributed by atoms with Crippen molar-refractivity contribution in [2.24, 2.45) is 0 Å². The average molecular weight is 337 g/mol. The van der Waals surface area contributed by atoms with E-state index < -0.39 is 0 Å². The highest BCUT2D eigenvalue weighted by Gasteiger charge is 2.17. The molecule has 1 aliphatic heterocycles. The highest BCUT2D eigenvalue weighted by Crippen LogP contribution is 2.17. The van der Waals surface area contributed by atoms with E-state index in [0.717, 1.165) is 44.8 Å². The molecule has 3 rings (SSSR count). The lowest BCUT2D eigenvalue weighted by Crippen LogP contribution is -2.45. The summed E-state index contributed by atoms with van der Waals surface area (Å²) >= 11 is 1.79. The van der Waals surface area contributed by atoms with Gasteiger partial charge in [-0.25, -0.2) is 0 Å². The molecule has 2 aromatic carbocycles. The van der Waals surface area contributed by atoms with Gasteiger partial charge >= 0.3 is 0 Å². The molecule has 24 heavy (non-hydrogen) atoms. The maximum Gasteiger partial charge on any atom is 0.0991 e. The fourth-order valence-electron chi connectivity index (χ4n) is 3.04. The van der Waals surface area contributed by atoms with E-state index in [1.807, 2.05) is 12.1 Å². The molecule has 3 nitrogen and oxygen atoms in total. The van der Waals surface area contributed by atoms with E-state index in [9.17, 15) is 0 Å². The van der Waals surface area contributed by atoms with Crippen molar-refractivity contribution >= 4 is 11.8 Å². The van der Waals surface area contributed by atoms with Gasteiger partial charge in [0.25, 0.3) is 0 Å². The Labute approximate surface area is 148 Å². The van der Waals surface area contributed by atoms with Gasteiger partial charge in [-0.15, -0.1) is 11.8 Å². The van der Waals surface area contributed by atoms with E-state index in [2.05, 4.69) is 58.5 Å². The van der Waals surface area contributed by atoms with Crippen molar-refractivity contribution in [1.82, 2.24) is 9.80 Å². The van der Waals surface area contributed by atoms with E-state index in [-0.39, 0.29) is 0 Å². The van der Waals surface area contributed by atoms with Crippen LogP contribution in [-0.4, -0.2) is 42.2 Å². The molecule has 1 aliphatic rings. The smallest absolute Gasteiger partial charge is 0.0991 e. The SMILES string of the molecule is CSc1ccc(CN2CCN(Cc3ccc(C#N)cc3)CC2)cc1. The van der Waals surface area contributed by atoms with Gasteiger partial charge < -0.3 is 0 Å². The standard InChI is InChI=1S/C20H23N3S/c1-24-20-8-6-19(7-9-20)16-23-12-10-22(11-13-23)15-18-4-2-17(14-21)3-5-18/h2-9H,10-13,15-16H2,1H3. The summed E-state index contributed by atoms with van der Waals surface area (Å²) in [4.78, 5) is 6.35. The van der Waals surface area contributed by atoms with Crippen LogP contribution < -0.4 is 0 Å². The van der Waals surface area contributed by atoms with Crippen molar-refractivity contribution in [2.75, 3.05) is 32.4 Å². The summed E-state index contributed by atoms with van der Waals surface area (Å²) in [6.07, 6.45) is 2.11. The van der Waals surface area contributed by atoms with Crippen LogP contribution in [0.4, 0.5) is 0 Å². The monoisotopic (exact) mass is 337 g/mol. The van der Waals surface area contributed by atoms with Gasteiger partial charge in [0, 0.05) is 44.2 Å². The molecule has 0 spiro atoms. The van der Waals surface area contributed by atoms with Crippen molar-refractivity contribution in [3.8, 4) is 6.07 Å². The Bertz CT molecular complexity index is 680. The Morgan fingerprint density at radius 3 is 1.71 bits per heavy atom. The summed E-state index contributed by atoms with van der Waals surface area (Å²) in [7, 11) is 0. The Hall–Kier alpha value is -1.80. The lowest BCUT2D eigenvalue weighted by Gasteiger charge is -2.34. The Morgan fingerprint density at radius 2 is 1.29 bits per heavy atom. The first-order valence-electron chi connectivity index (χ1n) is 8.33. The lowest BCUT2D eigenvalue weighted by atomic mass is 10.1. The number of nitrogens with zero attached hydrogens (tertiary/aromatic N) is 3. The normalized spacial score (nSPS) is 16.0. The number of rotatable bonds is 5. The minimum Gasteiger partial charge on any atom is -0.297 e. The zero-order valence-corrected chi connectivity index (χ0v) is 14.9. The van der Waals surface area contributed by atoms with Gasteiger partial charge in [-0.1, -0.05) is 24.3 Å². The highest BCUT2D eigenvalue weighted by atomic mass is 32.2. The lowest BCUT2D eigenvalue weighted by molar-refractivity contribution is 0.122. The second-order valence-corrected chi connectivity index (χ2v) is 7.09. The van der Waals surface area contributed by atoms with Crippen molar-refractivity contribution in [1.29, 1.82) is 5.26 Å². The molecule has 0 radical (unpaired) electrons. The summed E-state index contributed by atoms with van der Waals surface area (Å²) < 4.78 is 0. The molecule has 0 aliphatic carbocycles. The molecule has 0 N–H and O–H groups in total. The number of hydrogen-bond acceptors (Lipinski definition) is 4. The Morgan fingerprint density at radius 1 is 0.833 bits per heavy atom. The van der Waals surface area contributed by atoms with Crippen LogP contribution >= 0.6 is 11.8 Å². The van der Waals surface area contributed by atoms with Crippen molar-refractivity contribution in [3.05, 3.63) is 65.2 Å². The molecule has 1 saturated heterocycles. The predicted octanol–water partition coefficient (Wildman–Crippen LogP) is 3.60. The summed E-state index contributed by atoms with van der Waals surface area (Å²) in [5, 5.41) is 8.86. The van der Waals surface area contributed by atoms with Gasteiger partial charge in [-0.05, 0) is 41.6 Å². The summed E-state index contributed by atoms with van der Waals surface area (Å²) in [5.41, 5.74) is 3.42. The van der Waals surface area contributed by atoms with Gasteiger partial charge in [0.1, 0.15) is 0 Å². The van der Waals surface area contributed by atoms with E-state index in [1.165, 1.54) is 16.0 Å². The molecule has 0 unspecified atom stereocenters. The van der Waals surface area contributed by atoms with Crippen molar-refractivity contribution in [2.45, 2.75) is 18.0 Å². The molecule has 2 aromatic rings. The average Bonchev–Trinajstić information content (AvgIpc) is 2.65. The summed E-state index contributed by atoms with van der Waals surface area (Å²) in [6, 6.07) is 19.0. The number of piperazine rings is 1. The molecule has 0 bridgehead atoms. The molecule has 0 aromatic heterocycles. The van der Waals surface area contributed by atoms with Crippen LogP contribution in [-0.2, 0) is 13.1 Å². The molecule has 0 amide bonds. The fourth-order valence-corrected chi connectivity index (χ4v) is 3.45. The van der Waals surface area contributed by atoms with E-state index >= 15 is 0 Å². The molecule has 1 fully saturated rings. The molecule has 124 valence electrons. The number of nitriles is 1. The number of hydrogen-bond donors (Lipinski definition) is 0. The largest absolute Gasteiger partial charge is 0.297 e. The van der Waals surface area contributed by atoms with Crippen LogP contribution in [0.5, 0.6) is 0 Å². The predicted molar refractivity (Wildman–Crippen MR) is 99.9 cm³/mol. The quantitative estimate of drug-likeness (QED) is 0.780. The number of benzene rings is 2. The van der Waals surface area contributed by atoms with Crippen LogP contribution in [0, 0.1) is 11.3 Å².